The Labute approximate surface area is 108 Å². The first-order valence-electron chi connectivity index (χ1n) is 5.67. The van der Waals surface area contributed by atoms with Crippen LogP contribution >= 0.6 is 11.6 Å². The molecule has 0 aliphatic heterocycles. The van der Waals surface area contributed by atoms with Crippen molar-refractivity contribution in [1.82, 2.24) is 5.32 Å². The number of unbranched alkanes of at least 4 members (excludes halogenated alkanes) is 1. The molecule has 1 aromatic carbocycles. The number of methoxy groups -OCH3 is 1. The van der Waals surface area contributed by atoms with E-state index in [1.165, 1.54) is 0 Å². The number of halogens is 1. The van der Waals surface area contributed by atoms with Crippen LogP contribution in [-0.4, -0.2) is 14.2 Å². The molecule has 0 bridgehead atoms. The fraction of sp³-hybridized carbons (Fsp3) is 0.429. The lowest BCUT2D eigenvalue weighted by Crippen LogP contribution is -2.17. The molecule has 3 heteroatoms. The van der Waals surface area contributed by atoms with E-state index < -0.39 is 0 Å². The first-order chi connectivity index (χ1) is 8.22. The first kappa shape index (κ1) is 13.9. The lowest BCUT2D eigenvalue weighted by Gasteiger charge is -2.19. The lowest BCUT2D eigenvalue weighted by molar-refractivity contribution is 0.398. The van der Waals surface area contributed by atoms with Crippen LogP contribution in [0.5, 0.6) is 5.75 Å². The highest BCUT2D eigenvalue weighted by Gasteiger charge is 2.14. The largest absolute Gasteiger partial charge is 0.496 e. The Morgan fingerprint density at radius 1 is 1.53 bits per heavy atom. The highest BCUT2D eigenvalue weighted by atomic mass is 35.5. The average molecular weight is 252 g/mol. The minimum atomic E-state index is 0.246. The van der Waals surface area contributed by atoms with Gasteiger partial charge in [-0.25, -0.2) is 0 Å². The van der Waals surface area contributed by atoms with Crippen LogP contribution in [0.1, 0.15) is 30.9 Å². The molecule has 0 fully saturated rings. The van der Waals surface area contributed by atoms with E-state index in [4.69, 9.17) is 22.8 Å². The Balaban J connectivity index is 2.84. The summed E-state index contributed by atoms with van der Waals surface area (Å²) >= 11 is 5.94. The minimum absolute atomic E-state index is 0.246. The van der Waals surface area contributed by atoms with Crippen LogP contribution in [0.3, 0.4) is 0 Å². The van der Waals surface area contributed by atoms with Crippen LogP contribution in [0.2, 0.25) is 5.02 Å². The van der Waals surface area contributed by atoms with Gasteiger partial charge in [0.2, 0.25) is 0 Å². The smallest absolute Gasteiger partial charge is 0.125 e. The number of terminal acetylenes is 1. The topological polar surface area (TPSA) is 21.3 Å². The SMILES string of the molecule is C#CCCCC(NC)c1ccc(Cl)cc1OC. The fourth-order valence-corrected chi connectivity index (χ4v) is 2.00. The molecular weight excluding hydrogens is 234 g/mol. The fourth-order valence-electron chi connectivity index (χ4n) is 1.84. The molecule has 2 nitrogen and oxygen atoms in total. The van der Waals surface area contributed by atoms with Crippen molar-refractivity contribution in [2.75, 3.05) is 14.2 Å². The summed E-state index contributed by atoms with van der Waals surface area (Å²) in [5.74, 6) is 3.47. The van der Waals surface area contributed by atoms with Gasteiger partial charge in [-0.05, 0) is 32.0 Å². The Morgan fingerprint density at radius 2 is 2.29 bits per heavy atom. The van der Waals surface area contributed by atoms with Crippen molar-refractivity contribution < 1.29 is 4.74 Å². The normalized spacial score (nSPS) is 11.9. The predicted octanol–water partition coefficient (Wildman–Crippen LogP) is 3.41. The van der Waals surface area contributed by atoms with Crippen molar-refractivity contribution in [2.24, 2.45) is 0 Å². The maximum absolute atomic E-state index is 5.94. The first-order valence-corrected chi connectivity index (χ1v) is 6.05. The van der Waals surface area contributed by atoms with Crippen molar-refractivity contribution in [3.63, 3.8) is 0 Å². The molecule has 0 aromatic heterocycles. The Morgan fingerprint density at radius 3 is 2.88 bits per heavy atom. The van der Waals surface area contributed by atoms with Gasteiger partial charge in [-0.1, -0.05) is 17.7 Å². The van der Waals surface area contributed by atoms with Crippen LogP contribution in [-0.2, 0) is 0 Å². The van der Waals surface area contributed by atoms with Crippen molar-refractivity contribution in [1.29, 1.82) is 0 Å². The summed E-state index contributed by atoms with van der Waals surface area (Å²) in [7, 11) is 3.60. The third-order valence-electron chi connectivity index (χ3n) is 2.73. The number of nitrogens with one attached hydrogen (secondary N) is 1. The molecule has 1 unspecified atom stereocenters. The number of hydrogen-bond acceptors (Lipinski definition) is 2. The van der Waals surface area contributed by atoms with Crippen LogP contribution in [0.15, 0.2) is 18.2 Å². The van der Waals surface area contributed by atoms with Crippen LogP contribution in [0, 0.1) is 12.3 Å². The van der Waals surface area contributed by atoms with Gasteiger partial charge in [0.1, 0.15) is 5.75 Å². The van der Waals surface area contributed by atoms with Crippen LogP contribution < -0.4 is 10.1 Å². The van der Waals surface area contributed by atoms with Gasteiger partial charge in [0.25, 0.3) is 0 Å². The lowest BCUT2D eigenvalue weighted by atomic mass is 10.0. The molecule has 0 aliphatic carbocycles. The Hall–Kier alpha value is -1.17. The summed E-state index contributed by atoms with van der Waals surface area (Å²) in [6.07, 6.45) is 8.04. The van der Waals surface area contributed by atoms with Gasteiger partial charge in [0.05, 0.1) is 7.11 Å². The summed E-state index contributed by atoms with van der Waals surface area (Å²) in [6.45, 7) is 0. The maximum Gasteiger partial charge on any atom is 0.125 e. The Bertz CT molecular complexity index is 398. The molecule has 0 saturated heterocycles. The standard InChI is InChI=1S/C14H18ClNO/c1-4-5-6-7-13(16-2)12-9-8-11(15)10-14(12)17-3/h1,8-10,13,16H,5-7H2,2-3H3. The molecule has 1 atom stereocenters. The quantitative estimate of drug-likeness (QED) is 0.618. The molecule has 1 aromatic rings. The molecule has 1 N–H and O–H groups in total. The minimum Gasteiger partial charge on any atom is -0.496 e. The van der Waals surface area contributed by atoms with Gasteiger partial charge in [-0.3, -0.25) is 0 Å². The van der Waals surface area contributed by atoms with E-state index >= 15 is 0 Å². The van der Waals surface area contributed by atoms with Gasteiger partial charge < -0.3 is 10.1 Å². The summed E-state index contributed by atoms with van der Waals surface area (Å²) in [5, 5.41) is 3.96. The van der Waals surface area contributed by atoms with Crippen LogP contribution in [0.25, 0.3) is 0 Å². The van der Waals surface area contributed by atoms with E-state index in [1.807, 2.05) is 25.2 Å². The van der Waals surface area contributed by atoms with E-state index in [-0.39, 0.29) is 6.04 Å². The second-order valence-corrected chi connectivity index (χ2v) is 4.26. The summed E-state index contributed by atoms with van der Waals surface area (Å²) in [6, 6.07) is 5.96. The Kier molecular flexibility index (Phi) is 5.90. The van der Waals surface area contributed by atoms with E-state index in [2.05, 4.69) is 11.2 Å². The van der Waals surface area contributed by atoms with E-state index in [9.17, 15) is 0 Å². The number of benzene rings is 1. The van der Waals surface area contributed by atoms with Gasteiger partial charge >= 0.3 is 0 Å². The van der Waals surface area contributed by atoms with E-state index in [0.717, 1.165) is 30.6 Å². The third kappa shape index (κ3) is 3.96. The number of hydrogen-bond donors (Lipinski definition) is 1. The molecule has 0 radical (unpaired) electrons. The number of ether oxygens (including phenoxy) is 1. The van der Waals surface area contributed by atoms with Gasteiger partial charge in [0.15, 0.2) is 0 Å². The van der Waals surface area contributed by atoms with Crippen molar-refractivity contribution in [3.8, 4) is 18.1 Å². The summed E-state index contributed by atoms with van der Waals surface area (Å²) < 4.78 is 5.35. The highest BCUT2D eigenvalue weighted by molar-refractivity contribution is 6.30. The maximum atomic E-state index is 5.94. The number of rotatable bonds is 6. The van der Waals surface area contributed by atoms with E-state index in [1.54, 1.807) is 7.11 Å². The molecule has 0 saturated carbocycles. The molecule has 92 valence electrons. The van der Waals surface area contributed by atoms with Gasteiger partial charge in [0, 0.05) is 23.0 Å². The van der Waals surface area contributed by atoms with Gasteiger partial charge in [-0.15, -0.1) is 12.3 Å². The average Bonchev–Trinajstić information content (AvgIpc) is 2.35. The highest BCUT2D eigenvalue weighted by Crippen LogP contribution is 2.30. The summed E-state index contributed by atoms with van der Waals surface area (Å²) in [5.41, 5.74) is 1.12. The predicted molar refractivity (Wildman–Crippen MR) is 72.5 cm³/mol. The molecule has 0 amide bonds. The summed E-state index contributed by atoms with van der Waals surface area (Å²) in [4.78, 5) is 0. The molecule has 0 spiro atoms. The zero-order valence-electron chi connectivity index (χ0n) is 10.3. The second kappa shape index (κ2) is 7.21. The second-order valence-electron chi connectivity index (χ2n) is 3.82. The van der Waals surface area contributed by atoms with Crippen molar-refractivity contribution >= 4 is 11.6 Å². The zero-order valence-corrected chi connectivity index (χ0v) is 11.1. The van der Waals surface area contributed by atoms with E-state index in [0.29, 0.717) is 5.02 Å². The van der Waals surface area contributed by atoms with Gasteiger partial charge in [-0.2, -0.15) is 0 Å². The van der Waals surface area contributed by atoms with Crippen LogP contribution in [0.4, 0.5) is 0 Å². The molecule has 0 aliphatic rings. The molecule has 0 heterocycles. The molecule has 17 heavy (non-hydrogen) atoms. The molecular formula is C14H18ClNO. The third-order valence-corrected chi connectivity index (χ3v) is 2.97. The zero-order chi connectivity index (χ0) is 12.7. The van der Waals surface area contributed by atoms with Crippen molar-refractivity contribution in [2.45, 2.75) is 25.3 Å². The monoisotopic (exact) mass is 251 g/mol. The molecule has 1 rings (SSSR count). The van der Waals surface area contributed by atoms with Crippen molar-refractivity contribution in [3.05, 3.63) is 28.8 Å².